The van der Waals surface area contributed by atoms with Crippen LogP contribution in [0.2, 0.25) is 0 Å². The van der Waals surface area contributed by atoms with Crippen molar-refractivity contribution >= 4 is 28.6 Å². The number of rotatable bonds is 1. The van der Waals surface area contributed by atoms with E-state index in [1.165, 1.54) is 25.3 Å². The molecule has 2 heterocycles. The highest BCUT2D eigenvalue weighted by Crippen LogP contribution is 2.39. The molecule has 4 rings (SSSR count). The lowest BCUT2D eigenvalue weighted by atomic mass is 10.0. The summed E-state index contributed by atoms with van der Waals surface area (Å²) >= 11 is 0. The van der Waals surface area contributed by atoms with Crippen LogP contribution in [-0.4, -0.2) is 18.8 Å². The third kappa shape index (κ3) is 1.92. The summed E-state index contributed by atoms with van der Waals surface area (Å²) in [6.45, 7) is 0. The fourth-order valence-electron chi connectivity index (χ4n) is 2.84. The van der Waals surface area contributed by atoms with E-state index in [9.17, 15) is 14.0 Å². The maximum absolute atomic E-state index is 13.5. The Morgan fingerprint density at radius 2 is 1.70 bits per heavy atom. The van der Waals surface area contributed by atoms with Gasteiger partial charge in [0.1, 0.15) is 17.3 Å². The zero-order chi connectivity index (χ0) is 16.1. The van der Waals surface area contributed by atoms with Crippen molar-refractivity contribution in [2.75, 3.05) is 17.7 Å². The van der Waals surface area contributed by atoms with Crippen molar-refractivity contribution < 1.29 is 18.7 Å². The van der Waals surface area contributed by atoms with Crippen LogP contribution in [0.1, 0.15) is 15.9 Å². The minimum Gasteiger partial charge on any atom is -0.497 e. The van der Waals surface area contributed by atoms with Gasteiger partial charge < -0.3 is 15.4 Å². The van der Waals surface area contributed by atoms with Gasteiger partial charge in [-0.2, -0.15) is 0 Å². The Hall–Kier alpha value is -3.15. The van der Waals surface area contributed by atoms with E-state index in [2.05, 4.69) is 10.6 Å². The van der Waals surface area contributed by atoms with Gasteiger partial charge in [0.15, 0.2) is 0 Å². The molecule has 0 spiro atoms. The molecule has 0 bridgehead atoms. The number of nitrogens with one attached hydrogen (secondary N) is 2. The lowest BCUT2D eigenvalue weighted by Gasteiger charge is -2.03. The van der Waals surface area contributed by atoms with Gasteiger partial charge in [-0.3, -0.25) is 9.59 Å². The van der Waals surface area contributed by atoms with Crippen molar-refractivity contribution in [2.45, 2.75) is 0 Å². The van der Waals surface area contributed by atoms with Gasteiger partial charge in [-0.15, -0.1) is 0 Å². The highest BCUT2D eigenvalue weighted by Gasteiger charge is 2.35. The van der Waals surface area contributed by atoms with Crippen LogP contribution in [0.3, 0.4) is 0 Å². The monoisotopic (exact) mass is 310 g/mol. The number of fused-ring (bicyclic) bond motifs is 2. The molecule has 1 amide bonds. The second-order valence-electron chi connectivity index (χ2n) is 5.26. The lowest BCUT2D eigenvalue weighted by Crippen LogP contribution is -2.11. The van der Waals surface area contributed by atoms with Crippen LogP contribution in [0.25, 0.3) is 5.57 Å². The zero-order valence-electron chi connectivity index (χ0n) is 12.1. The first-order valence-corrected chi connectivity index (χ1v) is 6.94. The third-order valence-electron chi connectivity index (χ3n) is 3.93. The molecule has 2 aliphatic rings. The first-order valence-electron chi connectivity index (χ1n) is 6.94. The molecule has 0 saturated carbocycles. The standard InChI is InChI=1S/C17H11FN2O3/c1-23-9-3-5-13-11(7-9)16(21)15(19-13)14-10-6-8(18)2-4-12(10)20-17(14)22/h2-7,19H,1H3,(H,20,22)/b15-14-. The molecule has 0 fully saturated rings. The Bertz CT molecular complexity index is 918. The smallest absolute Gasteiger partial charge is 0.258 e. The number of anilines is 2. The fourth-order valence-corrected chi connectivity index (χ4v) is 2.84. The van der Waals surface area contributed by atoms with E-state index in [0.29, 0.717) is 28.3 Å². The highest BCUT2D eigenvalue weighted by atomic mass is 19.1. The molecule has 2 aliphatic heterocycles. The van der Waals surface area contributed by atoms with E-state index in [0.717, 1.165) is 0 Å². The molecule has 0 aromatic heterocycles. The summed E-state index contributed by atoms with van der Waals surface area (Å²) in [5, 5.41) is 5.60. The van der Waals surface area contributed by atoms with Gasteiger partial charge in [0.05, 0.1) is 23.9 Å². The topological polar surface area (TPSA) is 67.4 Å². The van der Waals surface area contributed by atoms with E-state index < -0.39 is 11.7 Å². The number of benzene rings is 2. The Kier molecular flexibility index (Phi) is 2.74. The number of hydrogen-bond acceptors (Lipinski definition) is 4. The van der Waals surface area contributed by atoms with Crippen molar-refractivity contribution in [3.63, 3.8) is 0 Å². The van der Waals surface area contributed by atoms with Crippen molar-refractivity contribution in [3.8, 4) is 5.75 Å². The molecule has 114 valence electrons. The summed E-state index contributed by atoms with van der Waals surface area (Å²) < 4.78 is 18.6. The minimum absolute atomic E-state index is 0.148. The summed E-state index contributed by atoms with van der Waals surface area (Å²) in [5.74, 6) is -0.669. The fraction of sp³-hybridized carbons (Fsp3) is 0.0588. The minimum atomic E-state index is -0.469. The molecule has 2 aromatic rings. The van der Waals surface area contributed by atoms with Gasteiger partial charge in [-0.1, -0.05) is 0 Å². The summed E-state index contributed by atoms with van der Waals surface area (Å²) in [6, 6.07) is 9.02. The second kappa shape index (κ2) is 4.67. The summed E-state index contributed by atoms with van der Waals surface area (Å²) in [4.78, 5) is 24.9. The molecule has 2 N–H and O–H groups in total. The summed E-state index contributed by atoms with van der Waals surface area (Å²) in [7, 11) is 1.51. The van der Waals surface area contributed by atoms with E-state index in [-0.39, 0.29) is 17.1 Å². The first kappa shape index (κ1) is 13.5. The average Bonchev–Trinajstić information content (AvgIpc) is 3.03. The molecule has 0 aliphatic carbocycles. The van der Waals surface area contributed by atoms with Gasteiger partial charge >= 0.3 is 0 Å². The van der Waals surface area contributed by atoms with E-state index in [4.69, 9.17) is 4.74 Å². The number of halogens is 1. The molecular weight excluding hydrogens is 299 g/mol. The van der Waals surface area contributed by atoms with Crippen LogP contribution in [0.5, 0.6) is 5.75 Å². The largest absolute Gasteiger partial charge is 0.497 e. The number of methoxy groups -OCH3 is 1. The third-order valence-corrected chi connectivity index (χ3v) is 3.93. The number of carbonyl (C=O) groups is 2. The normalized spacial score (nSPS) is 18.3. The SMILES string of the molecule is COc1ccc2c(c1)C(=O)/C(=C1/C(=O)Nc3ccc(F)cc31)N2. The van der Waals surface area contributed by atoms with Crippen LogP contribution in [0, 0.1) is 5.82 Å². The number of Topliss-reactive ketones (excluding diaryl/α,β-unsaturated/α-hetero) is 1. The number of amides is 1. The van der Waals surface area contributed by atoms with Gasteiger partial charge in [-0.25, -0.2) is 4.39 Å². The Morgan fingerprint density at radius 3 is 2.48 bits per heavy atom. The van der Waals surface area contributed by atoms with Crippen molar-refractivity contribution in [1.82, 2.24) is 0 Å². The van der Waals surface area contributed by atoms with Crippen LogP contribution in [0.4, 0.5) is 15.8 Å². The molecule has 0 radical (unpaired) electrons. The average molecular weight is 310 g/mol. The predicted octanol–water partition coefficient (Wildman–Crippen LogP) is 2.81. The maximum Gasteiger partial charge on any atom is 0.258 e. The molecule has 6 heteroatoms. The van der Waals surface area contributed by atoms with E-state index >= 15 is 0 Å². The molecule has 2 aromatic carbocycles. The van der Waals surface area contributed by atoms with Crippen molar-refractivity contribution in [1.29, 1.82) is 0 Å². The number of ether oxygens (including phenoxy) is 1. The predicted molar refractivity (Wildman–Crippen MR) is 82.9 cm³/mol. The number of allylic oxidation sites excluding steroid dienone is 1. The van der Waals surface area contributed by atoms with Crippen LogP contribution < -0.4 is 15.4 Å². The molecule has 0 saturated heterocycles. The van der Waals surface area contributed by atoms with Gasteiger partial charge in [0.25, 0.3) is 5.91 Å². The highest BCUT2D eigenvalue weighted by molar-refractivity contribution is 6.38. The van der Waals surface area contributed by atoms with Gasteiger partial charge in [-0.05, 0) is 36.4 Å². The number of ketones is 1. The number of hydrogen-bond donors (Lipinski definition) is 2. The molecule has 0 unspecified atom stereocenters. The van der Waals surface area contributed by atoms with E-state index in [1.807, 2.05) is 0 Å². The van der Waals surface area contributed by atoms with Gasteiger partial charge in [0, 0.05) is 11.3 Å². The second-order valence-corrected chi connectivity index (χ2v) is 5.26. The molecule has 23 heavy (non-hydrogen) atoms. The molecule has 0 atom stereocenters. The van der Waals surface area contributed by atoms with Crippen molar-refractivity contribution in [3.05, 3.63) is 59.0 Å². The quantitative estimate of drug-likeness (QED) is 0.795. The van der Waals surface area contributed by atoms with Crippen molar-refractivity contribution in [2.24, 2.45) is 0 Å². The summed E-state index contributed by atoms with van der Waals surface area (Å²) in [6.07, 6.45) is 0. The van der Waals surface area contributed by atoms with E-state index in [1.54, 1.807) is 18.2 Å². The van der Waals surface area contributed by atoms with Crippen LogP contribution >= 0.6 is 0 Å². The van der Waals surface area contributed by atoms with Crippen LogP contribution in [0.15, 0.2) is 42.1 Å². The summed E-state index contributed by atoms with van der Waals surface area (Å²) in [5.41, 5.74) is 2.18. The zero-order valence-corrected chi connectivity index (χ0v) is 12.1. The Morgan fingerprint density at radius 1 is 0.957 bits per heavy atom. The maximum atomic E-state index is 13.5. The van der Waals surface area contributed by atoms with Crippen LogP contribution in [-0.2, 0) is 4.79 Å². The Balaban J connectivity index is 1.89. The Labute approximate surface area is 130 Å². The molecule has 5 nitrogen and oxygen atoms in total. The molecular formula is C17H11FN2O3. The number of carbonyl (C=O) groups excluding carboxylic acids is 2. The first-order chi connectivity index (χ1) is 11.1. The lowest BCUT2D eigenvalue weighted by molar-refractivity contribution is -0.110. The van der Waals surface area contributed by atoms with Gasteiger partial charge in [0.2, 0.25) is 5.78 Å².